The van der Waals surface area contributed by atoms with Gasteiger partial charge in [-0.3, -0.25) is 14.6 Å². The summed E-state index contributed by atoms with van der Waals surface area (Å²) in [6.45, 7) is -1.39. The predicted molar refractivity (Wildman–Crippen MR) is 101 cm³/mol. The molecule has 168 valence electrons. The summed E-state index contributed by atoms with van der Waals surface area (Å²) in [5.41, 5.74) is -0.146. The molecule has 0 fully saturated rings. The predicted octanol–water partition coefficient (Wildman–Crippen LogP) is 1.25. The number of hydrogen-bond donors (Lipinski definition) is 3. The molecule has 0 unspecified atom stereocenters. The second-order valence-electron chi connectivity index (χ2n) is 6.08. The first-order chi connectivity index (χ1) is 14.5. The van der Waals surface area contributed by atoms with E-state index in [1.165, 1.54) is 12.1 Å². The van der Waals surface area contributed by atoms with Gasteiger partial charge in [0, 0.05) is 19.3 Å². The highest BCUT2D eigenvalue weighted by atomic mass is 32.2. The molecule has 0 saturated heterocycles. The first-order valence-electron chi connectivity index (χ1n) is 8.74. The summed E-state index contributed by atoms with van der Waals surface area (Å²) in [5, 5.41) is 11.2. The van der Waals surface area contributed by atoms with E-state index in [1.807, 2.05) is 0 Å². The van der Waals surface area contributed by atoms with Crippen molar-refractivity contribution in [2.24, 2.45) is 0 Å². The van der Waals surface area contributed by atoms with Gasteiger partial charge in [-0.05, 0) is 42.8 Å². The molecule has 0 aliphatic heterocycles. The van der Waals surface area contributed by atoms with Crippen molar-refractivity contribution in [3.8, 4) is 5.75 Å². The summed E-state index contributed by atoms with van der Waals surface area (Å²) in [4.78, 5) is 27.4. The fourth-order valence-electron chi connectivity index (χ4n) is 2.15. The van der Waals surface area contributed by atoms with Crippen LogP contribution in [0.5, 0.6) is 5.75 Å². The molecule has 0 saturated carbocycles. The van der Waals surface area contributed by atoms with Crippen LogP contribution in [0.15, 0.2) is 47.5 Å². The van der Waals surface area contributed by atoms with Gasteiger partial charge in [0.15, 0.2) is 6.61 Å². The number of carbonyl (C=O) groups excluding carboxylic acids is 2. The van der Waals surface area contributed by atoms with Crippen LogP contribution < -0.4 is 14.8 Å². The lowest BCUT2D eigenvalue weighted by Gasteiger charge is -2.10. The molecule has 1 aromatic heterocycles. The molecular weight excluding hydrogens is 443 g/mol. The summed E-state index contributed by atoms with van der Waals surface area (Å²) in [6.07, 6.45) is -3.16. The zero-order valence-corrected chi connectivity index (χ0v) is 16.7. The van der Waals surface area contributed by atoms with Gasteiger partial charge in [0.05, 0.1) is 10.5 Å². The number of pyridine rings is 1. The molecule has 13 heteroatoms. The number of nitrogens with zero attached hydrogens (tertiary/aromatic N) is 1. The quantitative estimate of drug-likeness (QED) is 0.479. The van der Waals surface area contributed by atoms with Gasteiger partial charge in [-0.15, -0.1) is 0 Å². The molecule has 9 nitrogen and oxygen atoms in total. The number of hydrogen-bond acceptors (Lipinski definition) is 7. The van der Waals surface area contributed by atoms with E-state index < -0.39 is 34.6 Å². The fraction of sp³-hybridized carbons (Fsp3) is 0.278. The second-order valence-corrected chi connectivity index (χ2v) is 7.76. The number of rotatable bonds is 9. The van der Waals surface area contributed by atoms with Gasteiger partial charge in [0.25, 0.3) is 21.8 Å². The van der Waals surface area contributed by atoms with E-state index >= 15 is 0 Å². The van der Waals surface area contributed by atoms with Crippen LogP contribution in [0.25, 0.3) is 0 Å². The Morgan fingerprint density at radius 2 is 1.74 bits per heavy atom. The topological polar surface area (TPSA) is 135 Å². The lowest BCUT2D eigenvalue weighted by Crippen LogP contribution is -2.31. The van der Waals surface area contributed by atoms with Gasteiger partial charge in [-0.25, -0.2) is 13.1 Å². The summed E-state index contributed by atoms with van der Waals surface area (Å²) in [5.74, 6) is -1.74. The molecule has 3 N–H and O–H groups in total. The lowest BCUT2D eigenvalue weighted by atomic mass is 10.2. The minimum atomic E-state index is -4.54. The average Bonchev–Trinajstić information content (AvgIpc) is 2.72. The maximum Gasteiger partial charge on any atom is 0.422 e. The van der Waals surface area contributed by atoms with Crippen molar-refractivity contribution in [3.63, 3.8) is 0 Å². The fourth-order valence-corrected chi connectivity index (χ4v) is 3.13. The zero-order chi connectivity index (χ0) is 23.1. The molecule has 2 aromatic rings. The van der Waals surface area contributed by atoms with Crippen molar-refractivity contribution in [2.75, 3.05) is 19.8 Å². The first kappa shape index (κ1) is 24.1. The van der Waals surface area contributed by atoms with Gasteiger partial charge in [0.2, 0.25) is 0 Å². The first-order valence-corrected chi connectivity index (χ1v) is 10.2. The van der Waals surface area contributed by atoms with Crippen molar-refractivity contribution in [2.45, 2.75) is 17.5 Å². The van der Waals surface area contributed by atoms with Crippen molar-refractivity contribution >= 4 is 21.8 Å². The standard InChI is InChI=1S/C18H18F3N3O6S/c19-18(20,21)11-30-13-3-5-14(6-4-13)31(28,29)24-16(26)12-2-7-15(23-10-12)17(27)22-8-1-9-25/h2-7,10,25H,1,8-9,11H2,(H,22,27)(H,24,26). The third kappa shape index (κ3) is 7.53. The Hall–Kier alpha value is -3.19. The number of halogens is 3. The maximum absolute atomic E-state index is 12.3. The molecule has 0 spiro atoms. The average molecular weight is 461 g/mol. The van der Waals surface area contributed by atoms with Crippen LogP contribution in [-0.4, -0.2) is 56.3 Å². The Balaban J connectivity index is 2.01. The van der Waals surface area contributed by atoms with E-state index in [4.69, 9.17) is 5.11 Å². The highest BCUT2D eigenvalue weighted by molar-refractivity contribution is 7.90. The molecule has 0 aliphatic carbocycles. The van der Waals surface area contributed by atoms with E-state index in [9.17, 15) is 31.2 Å². The van der Waals surface area contributed by atoms with Gasteiger partial charge >= 0.3 is 6.18 Å². The second kappa shape index (κ2) is 10.2. The summed E-state index contributed by atoms with van der Waals surface area (Å²) >= 11 is 0. The molecule has 0 aliphatic rings. The van der Waals surface area contributed by atoms with Crippen LogP contribution in [0.1, 0.15) is 27.3 Å². The minimum absolute atomic E-state index is 0.00760. The van der Waals surface area contributed by atoms with E-state index in [0.29, 0.717) is 6.42 Å². The molecule has 0 radical (unpaired) electrons. The smallest absolute Gasteiger partial charge is 0.422 e. The van der Waals surface area contributed by atoms with E-state index in [-0.39, 0.29) is 35.1 Å². The molecule has 2 amide bonds. The Bertz CT molecular complexity index is 1010. The summed E-state index contributed by atoms with van der Waals surface area (Å²) in [6, 6.07) is 6.45. The highest BCUT2D eigenvalue weighted by Gasteiger charge is 2.28. The molecule has 2 rings (SSSR count). The number of aliphatic hydroxyl groups excluding tert-OH is 1. The Labute approximate surface area is 175 Å². The van der Waals surface area contributed by atoms with Crippen LogP contribution in [-0.2, 0) is 10.0 Å². The Morgan fingerprint density at radius 3 is 2.29 bits per heavy atom. The number of nitrogens with one attached hydrogen (secondary N) is 2. The zero-order valence-electron chi connectivity index (χ0n) is 15.8. The van der Waals surface area contributed by atoms with Gasteiger partial charge in [-0.2, -0.15) is 13.2 Å². The summed E-state index contributed by atoms with van der Waals surface area (Å²) in [7, 11) is -4.32. The molecule has 1 heterocycles. The van der Waals surface area contributed by atoms with Crippen LogP contribution in [0.4, 0.5) is 13.2 Å². The molecular formula is C18H18F3N3O6S. The molecule has 1 aromatic carbocycles. The SMILES string of the molecule is O=C(NS(=O)(=O)c1ccc(OCC(F)(F)F)cc1)c1ccc(C(=O)NCCCO)nc1. The van der Waals surface area contributed by atoms with E-state index in [1.54, 1.807) is 4.72 Å². The number of sulfonamides is 1. The number of carbonyl (C=O) groups is 2. The van der Waals surface area contributed by atoms with Crippen molar-refractivity contribution < 1.29 is 41.0 Å². The third-order valence-corrected chi connectivity index (χ3v) is 4.99. The number of alkyl halides is 3. The summed E-state index contributed by atoms with van der Waals surface area (Å²) < 4.78 is 67.4. The van der Waals surface area contributed by atoms with Crippen molar-refractivity contribution in [3.05, 3.63) is 53.9 Å². The van der Waals surface area contributed by atoms with Crippen LogP contribution in [0, 0.1) is 0 Å². The number of amides is 2. The van der Waals surface area contributed by atoms with E-state index in [0.717, 1.165) is 30.5 Å². The van der Waals surface area contributed by atoms with Crippen molar-refractivity contribution in [1.82, 2.24) is 15.0 Å². The highest BCUT2D eigenvalue weighted by Crippen LogP contribution is 2.20. The van der Waals surface area contributed by atoms with Gasteiger partial charge in [-0.1, -0.05) is 0 Å². The maximum atomic E-state index is 12.3. The Morgan fingerprint density at radius 1 is 1.06 bits per heavy atom. The number of benzene rings is 1. The van der Waals surface area contributed by atoms with Crippen molar-refractivity contribution in [1.29, 1.82) is 0 Å². The largest absolute Gasteiger partial charge is 0.484 e. The Kier molecular flexibility index (Phi) is 7.94. The molecule has 0 atom stereocenters. The van der Waals surface area contributed by atoms with Crippen LogP contribution in [0.3, 0.4) is 0 Å². The van der Waals surface area contributed by atoms with Gasteiger partial charge in [0.1, 0.15) is 11.4 Å². The van der Waals surface area contributed by atoms with Crippen LogP contribution >= 0.6 is 0 Å². The molecule has 0 bridgehead atoms. The number of ether oxygens (including phenoxy) is 1. The minimum Gasteiger partial charge on any atom is -0.484 e. The number of aliphatic hydroxyl groups is 1. The van der Waals surface area contributed by atoms with Crippen LogP contribution in [0.2, 0.25) is 0 Å². The van der Waals surface area contributed by atoms with E-state index in [2.05, 4.69) is 15.0 Å². The normalized spacial score (nSPS) is 11.6. The lowest BCUT2D eigenvalue weighted by molar-refractivity contribution is -0.153. The monoisotopic (exact) mass is 461 g/mol. The third-order valence-electron chi connectivity index (χ3n) is 3.64. The molecule has 31 heavy (non-hydrogen) atoms. The number of aromatic nitrogens is 1. The van der Waals surface area contributed by atoms with Gasteiger partial charge < -0.3 is 15.2 Å².